The van der Waals surface area contributed by atoms with Crippen LogP contribution < -0.4 is 4.90 Å². The standard InChI is InChI=1S/C23H23BrN2O2S/c24-21-11-13-22(14-12-21)29(27,28)26-17-15-25(16-18-26)23(19-7-3-1-4-8-19)20-9-5-2-6-10-20/h1-14,23H,15-18H2/p+1. The van der Waals surface area contributed by atoms with Crippen molar-refractivity contribution in [1.82, 2.24) is 4.31 Å². The fourth-order valence-electron chi connectivity index (χ4n) is 4.01. The van der Waals surface area contributed by atoms with E-state index in [0.29, 0.717) is 18.0 Å². The minimum absolute atomic E-state index is 0.204. The van der Waals surface area contributed by atoms with Gasteiger partial charge in [-0.2, -0.15) is 4.31 Å². The van der Waals surface area contributed by atoms with Crippen LogP contribution in [0.5, 0.6) is 0 Å². The molecule has 1 aliphatic heterocycles. The van der Waals surface area contributed by atoms with E-state index in [2.05, 4.69) is 64.5 Å². The van der Waals surface area contributed by atoms with E-state index in [9.17, 15) is 8.42 Å². The maximum absolute atomic E-state index is 13.0. The Labute approximate surface area is 181 Å². The monoisotopic (exact) mass is 471 g/mol. The van der Waals surface area contributed by atoms with E-state index in [0.717, 1.165) is 17.6 Å². The van der Waals surface area contributed by atoms with E-state index >= 15 is 0 Å². The van der Waals surface area contributed by atoms with Crippen molar-refractivity contribution in [2.24, 2.45) is 0 Å². The van der Waals surface area contributed by atoms with Gasteiger partial charge in [0.05, 0.1) is 31.1 Å². The molecule has 0 bridgehead atoms. The first-order valence-corrected chi connectivity index (χ1v) is 12.0. The van der Waals surface area contributed by atoms with Crippen molar-refractivity contribution in [3.05, 3.63) is 101 Å². The molecule has 1 aliphatic rings. The normalized spacial score (nSPS) is 16.2. The molecule has 3 aromatic carbocycles. The van der Waals surface area contributed by atoms with Crippen LogP contribution in [0.3, 0.4) is 0 Å². The number of halogens is 1. The van der Waals surface area contributed by atoms with Gasteiger partial charge in [-0.25, -0.2) is 8.42 Å². The molecule has 4 rings (SSSR count). The number of benzene rings is 3. The number of hydrogen-bond donors (Lipinski definition) is 1. The fraction of sp³-hybridized carbons (Fsp3) is 0.217. The lowest BCUT2D eigenvalue weighted by atomic mass is 9.96. The average Bonchev–Trinajstić information content (AvgIpc) is 2.76. The van der Waals surface area contributed by atoms with Gasteiger partial charge in [0, 0.05) is 15.6 Å². The van der Waals surface area contributed by atoms with Crippen LogP contribution >= 0.6 is 15.9 Å². The van der Waals surface area contributed by atoms with E-state index in [-0.39, 0.29) is 6.04 Å². The molecule has 29 heavy (non-hydrogen) atoms. The zero-order valence-electron chi connectivity index (χ0n) is 16.0. The van der Waals surface area contributed by atoms with E-state index < -0.39 is 10.0 Å². The van der Waals surface area contributed by atoms with Gasteiger partial charge in [-0.05, 0) is 24.3 Å². The van der Waals surface area contributed by atoms with E-state index in [1.54, 1.807) is 28.6 Å². The van der Waals surface area contributed by atoms with Crippen LogP contribution in [-0.2, 0) is 10.0 Å². The molecular formula is C23H24BrN2O2S+. The zero-order valence-corrected chi connectivity index (χ0v) is 18.4. The molecular weight excluding hydrogens is 448 g/mol. The summed E-state index contributed by atoms with van der Waals surface area (Å²) in [6.07, 6.45) is 0. The highest BCUT2D eigenvalue weighted by atomic mass is 79.9. The Morgan fingerprint density at radius 2 is 1.24 bits per heavy atom. The molecule has 1 saturated heterocycles. The highest BCUT2D eigenvalue weighted by Gasteiger charge is 2.34. The van der Waals surface area contributed by atoms with Crippen molar-refractivity contribution < 1.29 is 13.3 Å². The Hall–Kier alpha value is -1.99. The van der Waals surface area contributed by atoms with Crippen LogP contribution in [0.1, 0.15) is 17.2 Å². The van der Waals surface area contributed by atoms with Crippen LogP contribution in [-0.4, -0.2) is 38.9 Å². The molecule has 6 heteroatoms. The first-order valence-electron chi connectivity index (χ1n) is 9.76. The molecule has 0 aromatic heterocycles. The zero-order chi connectivity index (χ0) is 20.3. The van der Waals surface area contributed by atoms with E-state index in [1.165, 1.54) is 16.0 Å². The Bertz CT molecular complexity index is 994. The average molecular weight is 472 g/mol. The molecule has 0 aliphatic carbocycles. The number of sulfonamides is 1. The number of quaternary nitrogens is 1. The molecule has 0 radical (unpaired) electrons. The number of nitrogens with one attached hydrogen (secondary N) is 1. The smallest absolute Gasteiger partial charge is 0.243 e. The summed E-state index contributed by atoms with van der Waals surface area (Å²) in [4.78, 5) is 1.75. The summed E-state index contributed by atoms with van der Waals surface area (Å²) in [6, 6.07) is 28.1. The lowest BCUT2D eigenvalue weighted by Gasteiger charge is -2.36. The largest absolute Gasteiger partial charge is 0.323 e. The van der Waals surface area contributed by atoms with Crippen LogP contribution in [0.2, 0.25) is 0 Å². The van der Waals surface area contributed by atoms with Gasteiger partial charge < -0.3 is 4.90 Å². The van der Waals surface area contributed by atoms with Gasteiger partial charge in [-0.15, -0.1) is 0 Å². The minimum Gasteiger partial charge on any atom is -0.323 e. The minimum atomic E-state index is -3.46. The summed E-state index contributed by atoms with van der Waals surface area (Å²) >= 11 is 3.36. The Morgan fingerprint density at radius 1 is 0.759 bits per heavy atom. The third-order valence-electron chi connectivity index (χ3n) is 5.49. The number of nitrogens with zero attached hydrogens (tertiary/aromatic N) is 1. The summed E-state index contributed by atoms with van der Waals surface area (Å²) in [5.74, 6) is 0. The molecule has 1 fully saturated rings. The van der Waals surface area contributed by atoms with Gasteiger partial charge in [-0.3, -0.25) is 0 Å². The second kappa shape index (κ2) is 8.79. The van der Waals surface area contributed by atoms with Crippen LogP contribution in [0, 0.1) is 0 Å². The third kappa shape index (κ3) is 4.46. The fourth-order valence-corrected chi connectivity index (χ4v) is 5.72. The van der Waals surface area contributed by atoms with Gasteiger partial charge >= 0.3 is 0 Å². The van der Waals surface area contributed by atoms with Gasteiger partial charge in [0.1, 0.15) is 6.04 Å². The van der Waals surface area contributed by atoms with Crippen molar-refractivity contribution in [2.75, 3.05) is 26.2 Å². The quantitative estimate of drug-likeness (QED) is 0.620. The summed E-state index contributed by atoms with van der Waals surface area (Å²) in [7, 11) is -3.46. The molecule has 150 valence electrons. The van der Waals surface area contributed by atoms with Gasteiger partial charge in [0.25, 0.3) is 0 Å². The maximum atomic E-state index is 13.0. The molecule has 1 N–H and O–H groups in total. The molecule has 0 atom stereocenters. The summed E-state index contributed by atoms with van der Waals surface area (Å²) in [6.45, 7) is 2.57. The number of rotatable bonds is 5. The molecule has 0 spiro atoms. The summed E-state index contributed by atoms with van der Waals surface area (Å²) < 4.78 is 28.5. The van der Waals surface area contributed by atoms with Crippen molar-refractivity contribution in [3.8, 4) is 0 Å². The summed E-state index contributed by atoms with van der Waals surface area (Å²) in [5.41, 5.74) is 2.52. The lowest BCUT2D eigenvalue weighted by Crippen LogP contribution is -3.15. The predicted molar refractivity (Wildman–Crippen MR) is 118 cm³/mol. The first kappa shape index (κ1) is 20.3. The van der Waals surface area contributed by atoms with Gasteiger partial charge in [0.15, 0.2) is 0 Å². The van der Waals surface area contributed by atoms with Crippen molar-refractivity contribution in [2.45, 2.75) is 10.9 Å². The molecule has 3 aromatic rings. The SMILES string of the molecule is O=S(=O)(c1ccc(Br)cc1)N1CC[NH+](C(c2ccccc2)c2ccccc2)CC1. The highest BCUT2D eigenvalue weighted by Crippen LogP contribution is 2.21. The molecule has 4 nitrogen and oxygen atoms in total. The Balaban J connectivity index is 1.55. The molecule has 1 heterocycles. The number of hydrogen-bond acceptors (Lipinski definition) is 2. The molecule has 0 saturated carbocycles. The maximum Gasteiger partial charge on any atom is 0.243 e. The first-order chi connectivity index (χ1) is 14.1. The van der Waals surface area contributed by atoms with Crippen LogP contribution in [0.15, 0.2) is 94.3 Å². The predicted octanol–water partition coefficient (Wildman–Crippen LogP) is 3.13. The third-order valence-corrected chi connectivity index (χ3v) is 7.93. The van der Waals surface area contributed by atoms with E-state index in [4.69, 9.17) is 0 Å². The van der Waals surface area contributed by atoms with Gasteiger partial charge in [-0.1, -0.05) is 76.6 Å². The summed E-state index contributed by atoms with van der Waals surface area (Å²) in [5, 5.41) is 0. The van der Waals surface area contributed by atoms with Crippen LogP contribution in [0.4, 0.5) is 0 Å². The number of piperazine rings is 1. The second-order valence-electron chi connectivity index (χ2n) is 7.27. The second-order valence-corrected chi connectivity index (χ2v) is 10.1. The van der Waals surface area contributed by atoms with Gasteiger partial charge in [0.2, 0.25) is 10.0 Å². The van der Waals surface area contributed by atoms with Crippen molar-refractivity contribution in [3.63, 3.8) is 0 Å². The van der Waals surface area contributed by atoms with Crippen molar-refractivity contribution >= 4 is 26.0 Å². The van der Waals surface area contributed by atoms with E-state index in [1.807, 2.05) is 12.1 Å². The van der Waals surface area contributed by atoms with Crippen molar-refractivity contribution in [1.29, 1.82) is 0 Å². The van der Waals surface area contributed by atoms with Crippen LogP contribution in [0.25, 0.3) is 0 Å². The molecule has 0 amide bonds. The highest BCUT2D eigenvalue weighted by molar-refractivity contribution is 9.10. The topological polar surface area (TPSA) is 41.8 Å². The molecule has 0 unspecified atom stereocenters. The Morgan fingerprint density at radius 3 is 1.72 bits per heavy atom. The lowest BCUT2D eigenvalue weighted by molar-refractivity contribution is -0.929. The Kier molecular flexibility index (Phi) is 6.15.